The van der Waals surface area contributed by atoms with Gasteiger partial charge in [0.05, 0.1) is 11.7 Å². The van der Waals surface area contributed by atoms with Crippen molar-refractivity contribution in [3.63, 3.8) is 0 Å². The van der Waals surface area contributed by atoms with Crippen LogP contribution < -0.4 is 5.73 Å². The second kappa shape index (κ2) is 6.85. The number of rotatable bonds is 5. The highest BCUT2D eigenvalue weighted by atomic mass is 15.3. The molecule has 0 amide bonds. The molecule has 2 heterocycles. The molecule has 2 N–H and O–H groups in total. The van der Waals surface area contributed by atoms with Gasteiger partial charge in [0, 0.05) is 31.1 Å². The first-order valence-corrected chi connectivity index (χ1v) is 8.00. The largest absolute Gasteiger partial charge is 0.327 e. The zero-order valence-electron chi connectivity index (χ0n) is 12.5. The summed E-state index contributed by atoms with van der Waals surface area (Å²) < 4.78 is 2.16. The zero-order valence-corrected chi connectivity index (χ0v) is 12.5. The van der Waals surface area contributed by atoms with Crippen molar-refractivity contribution in [3.8, 4) is 0 Å². The molecule has 21 heavy (non-hydrogen) atoms. The van der Waals surface area contributed by atoms with Crippen molar-refractivity contribution in [2.75, 3.05) is 0 Å². The average Bonchev–Trinajstić information content (AvgIpc) is 2.97. The van der Waals surface area contributed by atoms with Crippen molar-refractivity contribution in [2.24, 2.45) is 5.73 Å². The fourth-order valence-electron chi connectivity index (χ4n) is 3.20. The molecule has 1 unspecified atom stereocenters. The van der Waals surface area contributed by atoms with E-state index >= 15 is 0 Å². The van der Waals surface area contributed by atoms with Crippen LogP contribution >= 0.6 is 0 Å². The minimum atomic E-state index is 0.113. The summed E-state index contributed by atoms with van der Waals surface area (Å²) >= 11 is 0. The molecule has 4 heteroatoms. The summed E-state index contributed by atoms with van der Waals surface area (Å²) in [5.41, 5.74) is 8.61. The summed E-state index contributed by atoms with van der Waals surface area (Å²) in [5.74, 6) is 0. The van der Waals surface area contributed by atoms with E-state index in [0.717, 1.165) is 18.5 Å². The van der Waals surface area contributed by atoms with Crippen molar-refractivity contribution in [3.05, 3.63) is 48.0 Å². The quantitative estimate of drug-likeness (QED) is 0.918. The van der Waals surface area contributed by atoms with Crippen molar-refractivity contribution in [1.29, 1.82) is 0 Å². The molecule has 112 valence electrons. The van der Waals surface area contributed by atoms with Gasteiger partial charge in [0.15, 0.2) is 0 Å². The van der Waals surface area contributed by atoms with Crippen LogP contribution in [0.15, 0.2) is 36.8 Å². The lowest BCUT2D eigenvalue weighted by Crippen LogP contribution is -2.26. The van der Waals surface area contributed by atoms with E-state index in [9.17, 15) is 0 Å². The molecule has 1 saturated carbocycles. The molecule has 0 aliphatic heterocycles. The van der Waals surface area contributed by atoms with Crippen LogP contribution in [0.1, 0.15) is 49.4 Å². The number of hydrogen-bond acceptors (Lipinski definition) is 3. The normalized spacial score (nSPS) is 17.8. The molecule has 1 fully saturated rings. The average molecular weight is 284 g/mol. The second-order valence-electron chi connectivity index (χ2n) is 6.10. The molecule has 0 spiro atoms. The van der Waals surface area contributed by atoms with E-state index in [1.165, 1.54) is 37.7 Å². The molecule has 0 bridgehead atoms. The van der Waals surface area contributed by atoms with Crippen molar-refractivity contribution >= 4 is 0 Å². The van der Waals surface area contributed by atoms with Crippen LogP contribution in [0, 0.1) is 0 Å². The summed E-state index contributed by atoms with van der Waals surface area (Å²) in [6.45, 7) is 0. The van der Waals surface area contributed by atoms with E-state index in [1.54, 1.807) is 0 Å². The van der Waals surface area contributed by atoms with Crippen LogP contribution in [0.2, 0.25) is 0 Å². The van der Waals surface area contributed by atoms with Crippen molar-refractivity contribution in [1.82, 2.24) is 14.8 Å². The molecular formula is C17H24N4. The highest BCUT2D eigenvalue weighted by Gasteiger charge is 2.16. The highest BCUT2D eigenvalue weighted by Crippen LogP contribution is 2.27. The van der Waals surface area contributed by atoms with Crippen LogP contribution in [0.3, 0.4) is 0 Å². The third-order valence-electron chi connectivity index (χ3n) is 4.33. The fourth-order valence-corrected chi connectivity index (χ4v) is 3.20. The minimum Gasteiger partial charge on any atom is -0.327 e. The van der Waals surface area contributed by atoms with Crippen molar-refractivity contribution < 1.29 is 0 Å². The van der Waals surface area contributed by atoms with Crippen LogP contribution in [0.4, 0.5) is 0 Å². The van der Waals surface area contributed by atoms with Gasteiger partial charge in [-0.25, -0.2) is 0 Å². The molecule has 1 atom stereocenters. The maximum absolute atomic E-state index is 6.26. The molecule has 4 nitrogen and oxygen atoms in total. The Balaban J connectivity index is 1.56. The van der Waals surface area contributed by atoms with Gasteiger partial charge in [0.2, 0.25) is 0 Å². The molecule has 1 aliphatic carbocycles. The maximum Gasteiger partial charge on any atom is 0.0640 e. The van der Waals surface area contributed by atoms with Gasteiger partial charge in [-0.1, -0.05) is 19.3 Å². The van der Waals surface area contributed by atoms with Gasteiger partial charge >= 0.3 is 0 Å². The number of hydrogen-bond donors (Lipinski definition) is 1. The lowest BCUT2D eigenvalue weighted by atomic mass is 9.96. The first kappa shape index (κ1) is 14.3. The highest BCUT2D eigenvalue weighted by molar-refractivity contribution is 5.12. The zero-order chi connectivity index (χ0) is 14.5. The smallest absolute Gasteiger partial charge is 0.0640 e. The third kappa shape index (κ3) is 3.91. The Morgan fingerprint density at radius 1 is 1.10 bits per heavy atom. The Morgan fingerprint density at radius 3 is 2.62 bits per heavy atom. The van der Waals surface area contributed by atoms with Gasteiger partial charge in [-0.15, -0.1) is 0 Å². The number of pyridine rings is 1. The van der Waals surface area contributed by atoms with Gasteiger partial charge < -0.3 is 5.73 Å². The Hall–Kier alpha value is -1.68. The topological polar surface area (TPSA) is 56.7 Å². The lowest BCUT2D eigenvalue weighted by Gasteiger charge is -2.21. The van der Waals surface area contributed by atoms with Crippen LogP contribution in [-0.2, 0) is 12.8 Å². The van der Waals surface area contributed by atoms with Crippen LogP contribution in [0.5, 0.6) is 0 Å². The molecule has 2 aromatic rings. The summed E-state index contributed by atoms with van der Waals surface area (Å²) in [7, 11) is 0. The number of nitrogens with zero attached hydrogens (tertiary/aromatic N) is 3. The Bertz CT molecular complexity index is 543. The first-order chi connectivity index (χ1) is 10.3. The molecule has 2 aromatic heterocycles. The summed E-state index contributed by atoms with van der Waals surface area (Å²) in [4.78, 5) is 4.04. The second-order valence-corrected chi connectivity index (χ2v) is 6.10. The summed E-state index contributed by atoms with van der Waals surface area (Å²) in [6.07, 6.45) is 14.1. The molecule has 3 rings (SSSR count). The van der Waals surface area contributed by atoms with Gasteiger partial charge in [-0.2, -0.15) is 5.10 Å². The Morgan fingerprint density at radius 2 is 1.86 bits per heavy atom. The minimum absolute atomic E-state index is 0.113. The van der Waals surface area contributed by atoms with E-state index in [0.29, 0.717) is 6.04 Å². The Labute approximate surface area is 126 Å². The van der Waals surface area contributed by atoms with E-state index in [2.05, 4.69) is 21.9 Å². The molecule has 0 saturated heterocycles. The predicted molar refractivity (Wildman–Crippen MR) is 84.0 cm³/mol. The number of aromatic nitrogens is 3. The Kier molecular flexibility index (Phi) is 4.65. The van der Waals surface area contributed by atoms with Crippen LogP contribution in [0.25, 0.3) is 0 Å². The predicted octanol–water partition coefficient (Wildman–Crippen LogP) is 2.90. The monoisotopic (exact) mass is 284 g/mol. The van der Waals surface area contributed by atoms with E-state index < -0.39 is 0 Å². The van der Waals surface area contributed by atoms with Gasteiger partial charge in [0.1, 0.15) is 0 Å². The van der Waals surface area contributed by atoms with Gasteiger partial charge in [0.25, 0.3) is 0 Å². The standard InChI is InChI=1S/C17H24N4/c18-15(12-14-6-9-19-10-7-14)13-16-8-11-21(20-16)17-4-2-1-3-5-17/h6-11,15,17H,1-5,12-13,18H2. The molecule has 0 aromatic carbocycles. The van der Waals surface area contributed by atoms with E-state index in [4.69, 9.17) is 10.8 Å². The van der Waals surface area contributed by atoms with Crippen LogP contribution in [-0.4, -0.2) is 20.8 Å². The third-order valence-corrected chi connectivity index (χ3v) is 4.33. The summed E-state index contributed by atoms with van der Waals surface area (Å²) in [6, 6.07) is 6.90. The maximum atomic E-state index is 6.26. The lowest BCUT2D eigenvalue weighted by molar-refractivity contribution is 0.328. The van der Waals surface area contributed by atoms with E-state index in [1.807, 2.05) is 24.5 Å². The molecular weight excluding hydrogens is 260 g/mol. The van der Waals surface area contributed by atoms with Crippen molar-refractivity contribution in [2.45, 2.75) is 57.0 Å². The number of nitrogens with two attached hydrogens (primary N) is 1. The first-order valence-electron chi connectivity index (χ1n) is 8.00. The van der Waals surface area contributed by atoms with Gasteiger partial charge in [-0.05, 0) is 43.0 Å². The fraction of sp³-hybridized carbons (Fsp3) is 0.529. The SMILES string of the molecule is NC(Cc1ccncc1)Cc1ccn(C2CCCCC2)n1. The summed E-state index contributed by atoms with van der Waals surface area (Å²) in [5, 5.41) is 4.74. The molecule has 1 aliphatic rings. The van der Waals surface area contributed by atoms with E-state index in [-0.39, 0.29) is 6.04 Å². The molecule has 0 radical (unpaired) electrons. The van der Waals surface area contributed by atoms with Gasteiger partial charge in [-0.3, -0.25) is 9.67 Å².